The number of rotatable bonds is 6. The van der Waals surface area contributed by atoms with Gasteiger partial charge in [-0.15, -0.1) is 0 Å². The lowest BCUT2D eigenvalue weighted by Gasteiger charge is -2.35. The number of nitriles is 1. The molecular formula is C22H25N7O3. The third-order valence-electron chi connectivity index (χ3n) is 5.53. The smallest absolute Gasteiger partial charge is 0.245 e. The Bertz CT molecular complexity index is 1050. The van der Waals surface area contributed by atoms with Crippen molar-refractivity contribution in [2.45, 2.75) is 38.8 Å². The number of carbonyl (C=O) groups is 2. The zero-order chi connectivity index (χ0) is 22.7. The summed E-state index contributed by atoms with van der Waals surface area (Å²) in [6.07, 6.45) is 6.39. The maximum absolute atomic E-state index is 12.9. The molecule has 2 aromatic rings. The maximum Gasteiger partial charge on any atom is 0.245 e. The Hall–Kier alpha value is -3.58. The van der Waals surface area contributed by atoms with E-state index in [4.69, 9.17) is 4.74 Å². The van der Waals surface area contributed by atoms with Crippen LogP contribution in [-0.2, 0) is 14.3 Å². The molecule has 0 unspecified atom stereocenters. The zero-order valence-corrected chi connectivity index (χ0v) is 18.0. The van der Waals surface area contributed by atoms with Crippen LogP contribution < -0.4 is 10.6 Å². The van der Waals surface area contributed by atoms with E-state index in [1.54, 1.807) is 24.1 Å². The molecule has 2 aromatic heterocycles. The van der Waals surface area contributed by atoms with Gasteiger partial charge in [0.1, 0.15) is 12.1 Å². The first-order valence-corrected chi connectivity index (χ1v) is 10.6. The Morgan fingerprint density at radius 1 is 1.25 bits per heavy atom. The minimum atomic E-state index is -0.550. The number of nitrogens with zero attached hydrogens (tertiary/aromatic N) is 5. The number of nitrogens with one attached hydrogen (secondary N) is 2. The molecule has 2 amide bonds. The van der Waals surface area contributed by atoms with E-state index < -0.39 is 6.04 Å². The monoisotopic (exact) mass is 435 g/mol. The second kappa shape index (κ2) is 9.28. The molecule has 3 heterocycles. The van der Waals surface area contributed by atoms with E-state index >= 15 is 0 Å². The van der Waals surface area contributed by atoms with Crippen LogP contribution >= 0.6 is 0 Å². The molecule has 1 aliphatic heterocycles. The quantitative estimate of drug-likeness (QED) is 0.702. The van der Waals surface area contributed by atoms with Crippen LogP contribution in [0.5, 0.6) is 0 Å². The van der Waals surface area contributed by atoms with Crippen LogP contribution in [0.3, 0.4) is 0 Å². The van der Waals surface area contributed by atoms with Gasteiger partial charge in [-0.1, -0.05) is 0 Å². The third-order valence-corrected chi connectivity index (χ3v) is 5.53. The molecule has 0 radical (unpaired) electrons. The van der Waals surface area contributed by atoms with Gasteiger partial charge in [0.2, 0.25) is 11.8 Å². The maximum atomic E-state index is 12.9. The second-order valence-corrected chi connectivity index (χ2v) is 8.10. The molecule has 1 aliphatic carbocycles. The summed E-state index contributed by atoms with van der Waals surface area (Å²) in [5.41, 5.74) is 1.80. The minimum Gasteiger partial charge on any atom is -0.377 e. The van der Waals surface area contributed by atoms with E-state index in [2.05, 4.69) is 31.7 Å². The predicted octanol–water partition coefficient (Wildman–Crippen LogP) is 1.81. The number of pyridine rings is 1. The normalized spacial score (nSPS) is 19.0. The average molecular weight is 435 g/mol. The van der Waals surface area contributed by atoms with Crippen LogP contribution in [0.25, 0.3) is 11.3 Å². The summed E-state index contributed by atoms with van der Waals surface area (Å²) >= 11 is 0. The highest BCUT2D eigenvalue weighted by molar-refractivity contribution is 5.93. The van der Waals surface area contributed by atoms with Gasteiger partial charge in [-0.3, -0.25) is 14.6 Å². The number of hydrogen-bond donors (Lipinski definition) is 2. The van der Waals surface area contributed by atoms with E-state index in [0.29, 0.717) is 42.5 Å². The fraction of sp³-hybridized carbons (Fsp3) is 0.455. The summed E-state index contributed by atoms with van der Waals surface area (Å²) in [6, 6.07) is 3.22. The number of carbonyl (C=O) groups excluding carboxylic acids is 2. The number of aromatic nitrogens is 3. The molecule has 1 saturated carbocycles. The van der Waals surface area contributed by atoms with E-state index in [1.807, 2.05) is 6.92 Å². The van der Waals surface area contributed by atoms with Crippen molar-refractivity contribution in [1.82, 2.24) is 19.9 Å². The van der Waals surface area contributed by atoms with Gasteiger partial charge in [0.05, 0.1) is 43.0 Å². The number of ether oxygens (including phenoxy) is 1. The molecule has 2 fully saturated rings. The number of morpholine rings is 1. The first kappa shape index (κ1) is 21.6. The summed E-state index contributed by atoms with van der Waals surface area (Å²) in [4.78, 5) is 39.4. The van der Waals surface area contributed by atoms with E-state index in [1.165, 1.54) is 12.4 Å². The van der Waals surface area contributed by atoms with Gasteiger partial charge in [0.25, 0.3) is 0 Å². The Labute approximate surface area is 186 Å². The van der Waals surface area contributed by atoms with Crippen LogP contribution in [-0.4, -0.2) is 63.5 Å². The molecule has 32 heavy (non-hydrogen) atoms. The van der Waals surface area contributed by atoms with Gasteiger partial charge in [0, 0.05) is 24.2 Å². The lowest BCUT2D eigenvalue weighted by Crippen LogP contribution is -2.51. The summed E-state index contributed by atoms with van der Waals surface area (Å²) in [7, 11) is 0. The minimum absolute atomic E-state index is 0.00501. The van der Waals surface area contributed by atoms with Gasteiger partial charge in [-0.25, -0.2) is 9.97 Å². The summed E-state index contributed by atoms with van der Waals surface area (Å²) < 4.78 is 5.40. The van der Waals surface area contributed by atoms with Crippen molar-refractivity contribution < 1.29 is 14.3 Å². The second-order valence-electron chi connectivity index (χ2n) is 8.10. The van der Waals surface area contributed by atoms with E-state index in [9.17, 15) is 14.9 Å². The topological polar surface area (TPSA) is 133 Å². The van der Waals surface area contributed by atoms with Gasteiger partial charge in [-0.2, -0.15) is 5.26 Å². The molecule has 0 bridgehead atoms. The van der Waals surface area contributed by atoms with Crippen molar-refractivity contribution in [3.63, 3.8) is 0 Å². The van der Waals surface area contributed by atoms with Crippen molar-refractivity contribution in [2.75, 3.05) is 30.4 Å². The van der Waals surface area contributed by atoms with Crippen LogP contribution in [0.15, 0.2) is 24.7 Å². The average Bonchev–Trinajstić information content (AvgIpc) is 3.65. The first-order chi connectivity index (χ1) is 15.5. The molecule has 0 spiro atoms. The molecule has 2 aliphatic rings. The molecule has 2 atom stereocenters. The lowest BCUT2D eigenvalue weighted by atomic mass is 10.1. The third kappa shape index (κ3) is 4.84. The van der Waals surface area contributed by atoms with Crippen molar-refractivity contribution in [3.8, 4) is 17.3 Å². The highest BCUT2D eigenvalue weighted by atomic mass is 16.5. The van der Waals surface area contributed by atoms with Gasteiger partial charge in [0.15, 0.2) is 11.5 Å². The molecule has 1 saturated heterocycles. The van der Waals surface area contributed by atoms with Gasteiger partial charge < -0.3 is 20.3 Å². The van der Waals surface area contributed by atoms with Crippen molar-refractivity contribution in [3.05, 3.63) is 30.4 Å². The number of hydrogen-bond acceptors (Lipinski definition) is 8. The molecule has 0 aromatic carbocycles. The van der Waals surface area contributed by atoms with Crippen LogP contribution in [0.1, 0.15) is 32.4 Å². The predicted molar refractivity (Wildman–Crippen MR) is 116 cm³/mol. The number of anilines is 2. The van der Waals surface area contributed by atoms with Crippen molar-refractivity contribution in [2.24, 2.45) is 5.92 Å². The molecule has 166 valence electrons. The SMILES string of the molecule is C[C@H](Nc1cc(-c2cnc(NC(=O)C3CC3)cn2)cnc1C#N)C(=O)N1CCOC[C@@H]1C. The Kier molecular flexibility index (Phi) is 6.28. The fourth-order valence-corrected chi connectivity index (χ4v) is 3.52. The van der Waals surface area contributed by atoms with E-state index in [-0.39, 0.29) is 29.5 Å². The first-order valence-electron chi connectivity index (χ1n) is 10.6. The fourth-order valence-electron chi connectivity index (χ4n) is 3.52. The van der Waals surface area contributed by atoms with Crippen LogP contribution in [0.2, 0.25) is 0 Å². The molecule has 2 N–H and O–H groups in total. The van der Waals surface area contributed by atoms with Crippen LogP contribution in [0, 0.1) is 17.2 Å². The Morgan fingerprint density at radius 3 is 2.72 bits per heavy atom. The number of amides is 2. The van der Waals surface area contributed by atoms with Gasteiger partial charge in [-0.05, 0) is 32.8 Å². The van der Waals surface area contributed by atoms with Crippen molar-refractivity contribution in [1.29, 1.82) is 5.26 Å². The van der Waals surface area contributed by atoms with Crippen LogP contribution in [0.4, 0.5) is 11.5 Å². The Balaban J connectivity index is 1.49. The summed E-state index contributed by atoms with van der Waals surface area (Å²) in [6.45, 7) is 5.26. The van der Waals surface area contributed by atoms with Gasteiger partial charge >= 0.3 is 0 Å². The highest BCUT2D eigenvalue weighted by Crippen LogP contribution is 2.30. The van der Waals surface area contributed by atoms with Crippen molar-refractivity contribution >= 4 is 23.3 Å². The standard InChI is InChI=1S/C22H25N7O3/c1-13-12-32-6-5-29(13)22(31)14(2)27-17-7-16(9-24-18(17)8-23)19-10-26-20(11-25-19)28-21(30)15-3-4-15/h7,9-11,13-15,27H,3-6,12H2,1-2H3,(H,26,28,30)/t13-,14-/m0/s1. The molecular weight excluding hydrogens is 410 g/mol. The molecule has 4 rings (SSSR count). The summed E-state index contributed by atoms with van der Waals surface area (Å²) in [5.74, 6) is 0.375. The zero-order valence-electron chi connectivity index (χ0n) is 18.0. The molecule has 10 nitrogen and oxygen atoms in total. The lowest BCUT2D eigenvalue weighted by molar-refractivity contribution is -0.139. The highest BCUT2D eigenvalue weighted by Gasteiger charge is 2.30. The largest absolute Gasteiger partial charge is 0.377 e. The summed E-state index contributed by atoms with van der Waals surface area (Å²) in [5, 5.41) is 15.3. The molecule has 10 heteroatoms. The van der Waals surface area contributed by atoms with E-state index in [0.717, 1.165) is 12.8 Å². The Morgan fingerprint density at radius 2 is 2.06 bits per heavy atom.